The summed E-state index contributed by atoms with van der Waals surface area (Å²) in [6.07, 6.45) is 0.738. The van der Waals surface area contributed by atoms with Crippen LogP contribution >= 0.6 is 11.3 Å². The normalized spacial score (nSPS) is 12.5. The first kappa shape index (κ1) is 15.4. The van der Waals surface area contributed by atoms with Crippen LogP contribution < -0.4 is 10.5 Å². The first-order valence-electron chi connectivity index (χ1n) is 5.12. The molecule has 1 aromatic heterocycles. The summed E-state index contributed by atoms with van der Waals surface area (Å²) in [5.74, 6) is -1.06. The lowest BCUT2D eigenvalue weighted by atomic mass is 10.3. The number of nitrogens with zero attached hydrogens (tertiary/aromatic N) is 2. The SMILES string of the molecule is CC(C)ON=C(C([NH])=O)c1csc(NS(C)(=O)=O)n1. The molecule has 1 radical (unpaired) electrons. The molecular formula is C9H13N4O4S2. The van der Waals surface area contributed by atoms with Gasteiger partial charge in [0, 0.05) is 5.38 Å². The summed E-state index contributed by atoms with van der Waals surface area (Å²) in [5, 5.41) is 5.06. The third kappa shape index (κ3) is 5.22. The van der Waals surface area contributed by atoms with Gasteiger partial charge in [0.15, 0.2) is 10.8 Å². The Balaban J connectivity index is 2.99. The minimum Gasteiger partial charge on any atom is -0.392 e. The molecule has 1 aromatic rings. The third-order valence-corrected chi connectivity index (χ3v) is 3.04. The number of anilines is 1. The van der Waals surface area contributed by atoms with Crippen LogP contribution in [0.1, 0.15) is 19.5 Å². The average Bonchev–Trinajstić information content (AvgIpc) is 2.62. The number of aromatic nitrogens is 1. The topological polar surface area (TPSA) is 122 Å². The van der Waals surface area contributed by atoms with Crippen molar-refractivity contribution >= 4 is 38.1 Å². The Labute approximate surface area is 114 Å². The van der Waals surface area contributed by atoms with Crippen molar-refractivity contribution in [2.75, 3.05) is 11.0 Å². The molecule has 1 heterocycles. The van der Waals surface area contributed by atoms with Gasteiger partial charge < -0.3 is 4.84 Å². The van der Waals surface area contributed by atoms with E-state index >= 15 is 0 Å². The van der Waals surface area contributed by atoms with Crippen molar-refractivity contribution in [3.05, 3.63) is 11.1 Å². The van der Waals surface area contributed by atoms with Crippen molar-refractivity contribution < 1.29 is 18.0 Å². The smallest absolute Gasteiger partial charge is 0.294 e. The predicted molar refractivity (Wildman–Crippen MR) is 71.4 cm³/mol. The zero-order chi connectivity index (χ0) is 14.6. The number of oxime groups is 1. The Morgan fingerprint density at radius 2 is 2.21 bits per heavy atom. The molecule has 0 saturated carbocycles. The molecular weight excluding hydrogens is 292 g/mol. The molecule has 0 aliphatic carbocycles. The lowest BCUT2D eigenvalue weighted by molar-refractivity contribution is -0.112. The molecule has 0 aliphatic heterocycles. The maximum atomic E-state index is 11.1. The van der Waals surface area contributed by atoms with Gasteiger partial charge in [-0.05, 0) is 13.8 Å². The van der Waals surface area contributed by atoms with Gasteiger partial charge in [-0.1, -0.05) is 5.16 Å². The van der Waals surface area contributed by atoms with E-state index in [-0.39, 0.29) is 22.6 Å². The maximum absolute atomic E-state index is 11.1. The molecule has 0 saturated heterocycles. The molecule has 19 heavy (non-hydrogen) atoms. The molecule has 105 valence electrons. The third-order valence-electron chi connectivity index (χ3n) is 1.59. The van der Waals surface area contributed by atoms with E-state index in [0.29, 0.717) is 0 Å². The van der Waals surface area contributed by atoms with Gasteiger partial charge in [0.1, 0.15) is 11.8 Å². The van der Waals surface area contributed by atoms with Gasteiger partial charge in [-0.15, -0.1) is 11.3 Å². The van der Waals surface area contributed by atoms with E-state index in [1.807, 2.05) is 0 Å². The van der Waals surface area contributed by atoms with E-state index in [1.54, 1.807) is 13.8 Å². The fraction of sp³-hybridized carbons (Fsp3) is 0.444. The van der Waals surface area contributed by atoms with Crippen LogP contribution in [-0.2, 0) is 19.7 Å². The summed E-state index contributed by atoms with van der Waals surface area (Å²) in [4.78, 5) is 19.9. The number of rotatable bonds is 6. The molecule has 0 spiro atoms. The van der Waals surface area contributed by atoms with Crippen LogP contribution in [0.4, 0.5) is 5.13 Å². The van der Waals surface area contributed by atoms with E-state index in [9.17, 15) is 13.2 Å². The molecule has 10 heteroatoms. The van der Waals surface area contributed by atoms with E-state index in [1.165, 1.54) is 5.38 Å². The molecule has 0 aliphatic rings. The molecule has 2 N–H and O–H groups in total. The molecule has 0 fully saturated rings. The minimum absolute atomic E-state index is 0.0935. The zero-order valence-corrected chi connectivity index (χ0v) is 12.1. The number of sulfonamides is 1. The lowest BCUT2D eigenvalue weighted by Gasteiger charge is -2.03. The quantitative estimate of drug-likeness (QED) is 0.604. The highest BCUT2D eigenvalue weighted by Crippen LogP contribution is 2.17. The Morgan fingerprint density at radius 1 is 1.58 bits per heavy atom. The van der Waals surface area contributed by atoms with Gasteiger partial charge in [-0.2, -0.15) is 0 Å². The lowest BCUT2D eigenvalue weighted by Crippen LogP contribution is -2.18. The van der Waals surface area contributed by atoms with Gasteiger partial charge in [-0.25, -0.2) is 13.4 Å². The molecule has 1 amide bonds. The summed E-state index contributed by atoms with van der Waals surface area (Å²) in [6.45, 7) is 3.43. The first-order chi connectivity index (χ1) is 8.69. The second-order valence-corrected chi connectivity index (χ2v) is 6.44. The highest BCUT2D eigenvalue weighted by molar-refractivity contribution is 7.92. The minimum atomic E-state index is -3.44. The summed E-state index contributed by atoms with van der Waals surface area (Å²) in [7, 11) is -3.44. The number of carbonyl (C=O) groups is 1. The number of amides is 1. The van der Waals surface area contributed by atoms with Crippen LogP contribution in [0.5, 0.6) is 0 Å². The van der Waals surface area contributed by atoms with Crippen LogP contribution in [0.3, 0.4) is 0 Å². The van der Waals surface area contributed by atoms with Crippen molar-refractivity contribution in [1.82, 2.24) is 10.7 Å². The van der Waals surface area contributed by atoms with Gasteiger partial charge in [-0.3, -0.25) is 15.3 Å². The second-order valence-electron chi connectivity index (χ2n) is 3.84. The second kappa shape index (κ2) is 5.97. The van der Waals surface area contributed by atoms with Crippen molar-refractivity contribution in [2.45, 2.75) is 20.0 Å². The predicted octanol–water partition coefficient (Wildman–Crippen LogP) is 0.453. The summed E-state index contributed by atoms with van der Waals surface area (Å²) in [5.41, 5.74) is 6.90. The number of thiazole rings is 1. The number of carbonyl (C=O) groups excluding carboxylic acids is 1. The number of hydrogen-bond donors (Lipinski definition) is 1. The molecule has 0 unspecified atom stereocenters. The van der Waals surface area contributed by atoms with E-state index in [0.717, 1.165) is 17.6 Å². The van der Waals surface area contributed by atoms with E-state index in [2.05, 4.69) is 14.9 Å². The Bertz CT molecular complexity index is 591. The van der Waals surface area contributed by atoms with Crippen LogP contribution in [0.2, 0.25) is 0 Å². The fourth-order valence-corrected chi connectivity index (χ4v) is 2.50. The highest BCUT2D eigenvalue weighted by Gasteiger charge is 2.17. The highest BCUT2D eigenvalue weighted by atomic mass is 32.2. The molecule has 0 atom stereocenters. The van der Waals surface area contributed by atoms with Crippen LogP contribution in [0, 0.1) is 0 Å². The standard InChI is InChI=1S/C9H13N4O4S2/c1-5(2)17-12-7(8(10)14)6-4-18-9(11-6)13-19(3,15)16/h4-5,10H,1-3H3,(H,11,13). The Kier molecular flexibility index (Phi) is 4.84. The summed E-state index contributed by atoms with van der Waals surface area (Å²) < 4.78 is 24.2. The monoisotopic (exact) mass is 305 g/mol. The zero-order valence-electron chi connectivity index (χ0n) is 10.5. The van der Waals surface area contributed by atoms with Crippen LogP contribution in [-0.4, -0.2) is 37.4 Å². The van der Waals surface area contributed by atoms with Gasteiger partial charge in [0.25, 0.3) is 5.91 Å². The molecule has 8 nitrogen and oxygen atoms in total. The summed E-state index contributed by atoms with van der Waals surface area (Å²) >= 11 is 0.983. The van der Waals surface area contributed by atoms with Crippen molar-refractivity contribution in [1.29, 1.82) is 0 Å². The molecule has 0 aromatic carbocycles. The van der Waals surface area contributed by atoms with Crippen molar-refractivity contribution in [3.8, 4) is 0 Å². The van der Waals surface area contributed by atoms with Gasteiger partial charge in [0.05, 0.1) is 6.26 Å². The first-order valence-corrected chi connectivity index (χ1v) is 7.89. The largest absolute Gasteiger partial charge is 0.392 e. The Morgan fingerprint density at radius 3 is 2.68 bits per heavy atom. The molecule has 1 rings (SSSR count). The van der Waals surface area contributed by atoms with E-state index < -0.39 is 15.9 Å². The average molecular weight is 305 g/mol. The summed E-state index contributed by atoms with van der Waals surface area (Å²) in [6, 6.07) is 0. The number of nitrogens with one attached hydrogen (secondary N) is 2. The Hall–Kier alpha value is -1.68. The van der Waals surface area contributed by atoms with Gasteiger partial charge >= 0.3 is 0 Å². The fourth-order valence-electron chi connectivity index (χ4n) is 0.951. The van der Waals surface area contributed by atoms with Crippen LogP contribution in [0.25, 0.3) is 0 Å². The van der Waals surface area contributed by atoms with E-state index in [4.69, 9.17) is 10.6 Å². The maximum Gasteiger partial charge on any atom is 0.294 e. The van der Waals surface area contributed by atoms with Crippen molar-refractivity contribution in [3.63, 3.8) is 0 Å². The van der Waals surface area contributed by atoms with Crippen LogP contribution in [0.15, 0.2) is 10.5 Å². The molecule has 0 bridgehead atoms. The van der Waals surface area contributed by atoms with Gasteiger partial charge in [0.2, 0.25) is 10.0 Å². The van der Waals surface area contributed by atoms with Crippen molar-refractivity contribution in [2.24, 2.45) is 5.16 Å². The number of hydrogen-bond acceptors (Lipinski definition) is 7.